The van der Waals surface area contributed by atoms with Crippen LogP contribution in [0.4, 0.5) is 5.69 Å². The Bertz CT molecular complexity index is 1030. The van der Waals surface area contributed by atoms with Gasteiger partial charge in [-0.15, -0.1) is 5.10 Å². The van der Waals surface area contributed by atoms with Gasteiger partial charge in [0.2, 0.25) is 0 Å². The Kier molecular flexibility index (Phi) is 5.25. The first-order valence-electron chi connectivity index (χ1n) is 8.82. The summed E-state index contributed by atoms with van der Waals surface area (Å²) in [6.07, 6.45) is -0.240. The fourth-order valence-corrected chi connectivity index (χ4v) is 2.96. The number of benzene rings is 1. The number of ether oxygens (including phenoxy) is 1. The highest BCUT2D eigenvalue weighted by Gasteiger charge is 2.23. The number of amides is 1. The van der Waals surface area contributed by atoms with Gasteiger partial charge in [0.1, 0.15) is 5.69 Å². The van der Waals surface area contributed by atoms with Gasteiger partial charge in [-0.3, -0.25) is 4.79 Å². The van der Waals surface area contributed by atoms with Crippen molar-refractivity contribution in [2.24, 2.45) is 7.05 Å². The lowest BCUT2D eigenvalue weighted by molar-refractivity contribution is 0.0376. The van der Waals surface area contributed by atoms with Gasteiger partial charge in [-0.2, -0.15) is 0 Å². The third kappa shape index (κ3) is 3.78. The Balaban J connectivity index is 1.85. The highest BCUT2D eigenvalue weighted by Crippen LogP contribution is 2.23. The third-order valence-corrected chi connectivity index (χ3v) is 4.21. The molecule has 0 fully saturated rings. The number of H-pyrrole nitrogens is 1. The number of tetrazole rings is 1. The van der Waals surface area contributed by atoms with E-state index in [-0.39, 0.29) is 12.0 Å². The van der Waals surface area contributed by atoms with Gasteiger partial charge in [0.05, 0.1) is 11.7 Å². The van der Waals surface area contributed by atoms with Crippen LogP contribution in [0, 0.1) is 13.8 Å². The van der Waals surface area contributed by atoms with Crippen molar-refractivity contribution in [3.8, 4) is 11.4 Å². The van der Waals surface area contributed by atoms with Gasteiger partial charge in [0, 0.05) is 24.0 Å². The number of hydrogen-bond acceptors (Lipinski definition) is 6. The van der Waals surface area contributed by atoms with Crippen molar-refractivity contribution in [3.63, 3.8) is 0 Å². The molecule has 0 spiro atoms. The molecule has 2 N–H and O–H groups in total. The summed E-state index contributed by atoms with van der Waals surface area (Å²) >= 11 is 0. The molecular formula is C19H22N6O3. The third-order valence-electron chi connectivity index (χ3n) is 4.21. The highest BCUT2D eigenvalue weighted by molar-refractivity contribution is 6.07. The van der Waals surface area contributed by atoms with Crippen molar-refractivity contribution in [2.45, 2.75) is 33.8 Å². The largest absolute Gasteiger partial charge is 0.459 e. The van der Waals surface area contributed by atoms with Gasteiger partial charge in [-0.1, -0.05) is 12.1 Å². The number of carbonyl (C=O) groups is 2. The predicted molar refractivity (Wildman–Crippen MR) is 103 cm³/mol. The summed E-state index contributed by atoms with van der Waals surface area (Å²) in [5.74, 6) is -0.212. The van der Waals surface area contributed by atoms with Crippen molar-refractivity contribution in [1.82, 2.24) is 25.2 Å². The Labute approximate surface area is 162 Å². The molecule has 0 atom stereocenters. The van der Waals surface area contributed by atoms with E-state index in [1.54, 1.807) is 57.6 Å². The average molecular weight is 382 g/mol. The van der Waals surface area contributed by atoms with Crippen LogP contribution in [0.5, 0.6) is 0 Å². The van der Waals surface area contributed by atoms with Crippen LogP contribution >= 0.6 is 0 Å². The SMILES string of the molecule is Cc1[nH]c(C(=O)Nc2cccc(-c3nnnn3C)c2)c(C)c1C(=O)OC(C)C. The van der Waals surface area contributed by atoms with Gasteiger partial charge < -0.3 is 15.0 Å². The van der Waals surface area contributed by atoms with E-state index in [4.69, 9.17) is 4.74 Å². The Morgan fingerprint density at radius 1 is 1.25 bits per heavy atom. The Hall–Kier alpha value is -3.49. The summed E-state index contributed by atoms with van der Waals surface area (Å²) in [7, 11) is 1.74. The molecule has 9 heteroatoms. The highest BCUT2D eigenvalue weighted by atomic mass is 16.5. The normalized spacial score (nSPS) is 10.9. The number of esters is 1. The molecule has 0 saturated heterocycles. The van der Waals surface area contributed by atoms with Crippen LogP contribution in [0.2, 0.25) is 0 Å². The van der Waals surface area contributed by atoms with Gasteiger partial charge in [0.15, 0.2) is 5.82 Å². The van der Waals surface area contributed by atoms with Crippen molar-refractivity contribution in [1.29, 1.82) is 0 Å². The molecule has 2 heterocycles. The van der Waals surface area contributed by atoms with Crippen molar-refractivity contribution < 1.29 is 14.3 Å². The smallest absolute Gasteiger partial charge is 0.340 e. The molecule has 0 aliphatic carbocycles. The lowest BCUT2D eigenvalue weighted by Gasteiger charge is -2.09. The van der Waals surface area contributed by atoms with Crippen LogP contribution in [0.25, 0.3) is 11.4 Å². The number of rotatable bonds is 5. The molecule has 3 rings (SSSR count). The number of aromatic amines is 1. The van der Waals surface area contributed by atoms with Crippen molar-refractivity contribution in [3.05, 3.63) is 46.8 Å². The van der Waals surface area contributed by atoms with Gasteiger partial charge in [0.25, 0.3) is 5.91 Å². The standard InChI is InChI=1S/C19H22N6O3/c1-10(2)28-19(27)15-11(3)16(20-12(15)4)18(26)21-14-8-6-7-13(9-14)17-22-23-24-25(17)5/h6-10,20H,1-5H3,(H,21,26). The molecule has 2 aromatic heterocycles. The van der Waals surface area contributed by atoms with E-state index >= 15 is 0 Å². The van der Waals surface area contributed by atoms with Crippen LogP contribution in [-0.2, 0) is 11.8 Å². The second-order valence-electron chi connectivity index (χ2n) is 6.74. The number of aromatic nitrogens is 5. The molecule has 0 aliphatic rings. The van der Waals surface area contributed by atoms with E-state index in [1.165, 1.54) is 0 Å². The first-order chi connectivity index (χ1) is 13.3. The zero-order valence-electron chi connectivity index (χ0n) is 16.4. The second kappa shape index (κ2) is 7.63. The Morgan fingerprint density at radius 2 is 2.00 bits per heavy atom. The fraction of sp³-hybridized carbons (Fsp3) is 0.316. The molecule has 146 valence electrons. The average Bonchev–Trinajstić information content (AvgIpc) is 3.17. The molecule has 1 amide bonds. The van der Waals surface area contributed by atoms with E-state index in [2.05, 4.69) is 25.8 Å². The quantitative estimate of drug-likeness (QED) is 0.656. The zero-order chi connectivity index (χ0) is 20.4. The number of aryl methyl sites for hydroxylation is 2. The van der Waals surface area contributed by atoms with Gasteiger partial charge >= 0.3 is 5.97 Å². The van der Waals surface area contributed by atoms with E-state index < -0.39 is 5.97 Å². The molecule has 28 heavy (non-hydrogen) atoms. The van der Waals surface area contributed by atoms with Crippen LogP contribution in [0.1, 0.15) is 46.0 Å². The molecule has 0 unspecified atom stereocenters. The van der Waals surface area contributed by atoms with E-state index in [1.807, 2.05) is 6.07 Å². The first kappa shape index (κ1) is 19.3. The fourth-order valence-electron chi connectivity index (χ4n) is 2.96. The summed E-state index contributed by atoms with van der Waals surface area (Å²) in [5, 5.41) is 14.2. The van der Waals surface area contributed by atoms with Crippen molar-refractivity contribution in [2.75, 3.05) is 5.32 Å². The molecule has 9 nitrogen and oxygen atoms in total. The lowest BCUT2D eigenvalue weighted by atomic mass is 10.1. The molecular weight excluding hydrogens is 360 g/mol. The lowest BCUT2D eigenvalue weighted by Crippen LogP contribution is -2.15. The van der Waals surface area contributed by atoms with Crippen LogP contribution < -0.4 is 5.32 Å². The van der Waals surface area contributed by atoms with Gasteiger partial charge in [-0.05, 0) is 55.8 Å². The van der Waals surface area contributed by atoms with Crippen LogP contribution in [0.15, 0.2) is 24.3 Å². The number of nitrogens with zero attached hydrogens (tertiary/aromatic N) is 4. The second-order valence-corrected chi connectivity index (χ2v) is 6.74. The molecule has 3 aromatic rings. The number of carbonyl (C=O) groups excluding carboxylic acids is 2. The summed E-state index contributed by atoms with van der Waals surface area (Å²) in [4.78, 5) is 28.1. The molecule has 0 bridgehead atoms. The zero-order valence-corrected chi connectivity index (χ0v) is 16.4. The van der Waals surface area contributed by atoms with E-state index in [0.717, 1.165) is 5.56 Å². The maximum absolute atomic E-state index is 12.8. The molecule has 0 saturated carbocycles. The Morgan fingerprint density at radius 3 is 2.64 bits per heavy atom. The van der Waals surface area contributed by atoms with E-state index in [0.29, 0.717) is 34.0 Å². The number of hydrogen-bond donors (Lipinski definition) is 2. The van der Waals surface area contributed by atoms with Crippen molar-refractivity contribution >= 4 is 17.6 Å². The molecule has 1 aromatic carbocycles. The first-order valence-corrected chi connectivity index (χ1v) is 8.82. The minimum Gasteiger partial charge on any atom is -0.459 e. The summed E-state index contributed by atoms with van der Waals surface area (Å²) < 4.78 is 6.81. The van der Waals surface area contributed by atoms with Gasteiger partial charge in [-0.25, -0.2) is 9.48 Å². The molecule has 0 radical (unpaired) electrons. The number of anilines is 1. The topological polar surface area (TPSA) is 115 Å². The van der Waals surface area contributed by atoms with Crippen LogP contribution in [-0.4, -0.2) is 43.2 Å². The summed E-state index contributed by atoms with van der Waals surface area (Å²) in [5.41, 5.74) is 3.20. The van der Waals surface area contributed by atoms with E-state index in [9.17, 15) is 9.59 Å². The monoisotopic (exact) mass is 382 g/mol. The summed E-state index contributed by atoms with van der Waals surface area (Å²) in [6, 6.07) is 7.20. The molecule has 0 aliphatic heterocycles. The minimum atomic E-state index is -0.447. The summed E-state index contributed by atoms with van der Waals surface area (Å²) in [6.45, 7) is 7.02. The number of nitrogens with one attached hydrogen (secondary N) is 2. The minimum absolute atomic E-state index is 0.240. The maximum Gasteiger partial charge on any atom is 0.340 e. The van der Waals surface area contributed by atoms with Crippen LogP contribution in [0.3, 0.4) is 0 Å². The maximum atomic E-state index is 12.8. The predicted octanol–water partition coefficient (Wildman–Crippen LogP) is 2.64.